The van der Waals surface area contributed by atoms with Crippen molar-refractivity contribution >= 4 is 17.3 Å². The lowest BCUT2D eigenvalue weighted by Crippen LogP contribution is -2.30. The van der Waals surface area contributed by atoms with E-state index in [1.165, 1.54) is 19.3 Å². The van der Waals surface area contributed by atoms with Gasteiger partial charge in [0.15, 0.2) is 0 Å². The third kappa shape index (κ3) is 4.53. The zero-order valence-corrected chi connectivity index (χ0v) is 14.8. The molecule has 25 heavy (non-hydrogen) atoms. The van der Waals surface area contributed by atoms with Crippen LogP contribution in [0.15, 0.2) is 48.5 Å². The van der Waals surface area contributed by atoms with Crippen LogP contribution in [0.3, 0.4) is 0 Å². The van der Waals surface area contributed by atoms with Crippen LogP contribution in [-0.2, 0) is 11.2 Å². The number of benzene rings is 2. The summed E-state index contributed by atoms with van der Waals surface area (Å²) in [6, 6.07) is 16.0. The lowest BCUT2D eigenvalue weighted by Gasteiger charge is -2.30. The quantitative estimate of drug-likeness (QED) is 0.856. The first-order chi connectivity index (χ1) is 12.3. The van der Waals surface area contributed by atoms with Gasteiger partial charge >= 0.3 is 0 Å². The van der Waals surface area contributed by atoms with E-state index >= 15 is 0 Å². The predicted octanol–water partition coefficient (Wildman–Crippen LogP) is 4.26. The molecule has 0 aliphatic carbocycles. The van der Waals surface area contributed by atoms with Crippen molar-refractivity contribution in [1.82, 2.24) is 0 Å². The molecule has 4 nitrogen and oxygen atoms in total. The third-order valence-corrected chi connectivity index (χ3v) is 4.69. The zero-order chi connectivity index (χ0) is 17.5. The molecule has 0 aromatic heterocycles. The third-order valence-electron chi connectivity index (χ3n) is 4.69. The van der Waals surface area contributed by atoms with Crippen molar-refractivity contribution in [3.63, 3.8) is 0 Å². The maximum atomic E-state index is 12.4. The van der Waals surface area contributed by atoms with Gasteiger partial charge in [0, 0.05) is 19.5 Å². The van der Waals surface area contributed by atoms with Gasteiger partial charge in [-0.1, -0.05) is 30.3 Å². The van der Waals surface area contributed by atoms with Gasteiger partial charge in [0.25, 0.3) is 0 Å². The minimum atomic E-state index is 0.0374. The van der Waals surface area contributed by atoms with Crippen LogP contribution in [0.25, 0.3) is 0 Å². The molecule has 1 heterocycles. The van der Waals surface area contributed by atoms with Crippen LogP contribution < -0.4 is 15.0 Å². The van der Waals surface area contributed by atoms with E-state index in [1.54, 1.807) is 7.11 Å². The van der Waals surface area contributed by atoms with E-state index in [9.17, 15) is 4.79 Å². The lowest BCUT2D eigenvalue weighted by atomic mass is 10.1. The van der Waals surface area contributed by atoms with Gasteiger partial charge < -0.3 is 15.0 Å². The van der Waals surface area contributed by atoms with Gasteiger partial charge in [-0.25, -0.2) is 0 Å². The minimum absolute atomic E-state index is 0.0374. The van der Waals surface area contributed by atoms with Crippen LogP contribution in [0.1, 0.15) is 31.2 Å². The summed E-state index contributed by atoms with van der Waals surface area (Å²) in [5.41, 5.74) is 3.10. The molecule has 1 amide bonds. The molecule has 0 atom stereocenters. The minimum Gasteiger partial charge on any atom is -0.496 e. The second-order valence-corrected chi connectivity index (χ2v) is 6.42. The number of piperidine rings is 1. The van der Waals surface area contributed by atoms with Crippen LogP contribution in [0, 0.1) is 0 Å². The largest absolute Gasteiger partial charge is 0.496 e. The molecule has 132 valence electrons. The average Bonchev–Trinajstić information content (AvgIpc) is 2.67. The Morgan fingerprint density at radius 1 is 1.04 bits per heavy atom. The van der Waals surface area contributed by atoms with Gasteiger partial charge in [-0.15, -0.1) is 0 Å². The van der Waals surface area contributed by atoms with Crippen molar-refractivity contribution in [2.45, 2.75) is 32.1 Å². The molecule has 0 spiro atoms. The first-order valence-electron chi connectivity index (χ1n) is 9.03. The normalized spacial score (nSPS) is 14.2. The monoisotopic (exact) mass is 338 g/mol. The first-order valence-corrected chi connectivity index (χ1v) is 9.03. The summed E-state index contributed by atoms with van der Waals surface area (Å²) < 4.78 is 5.36. The Morgan fingerprint density at radius 3 is 2.56 bits per heavy atom. The molecule has 4 heteroatoms. The molecule has 1 aliphatic rings. The summed E-state index contributed by atoms with van der Waals surface area (Å²) in [5.74, 6) is 0.874. The van der Waals surface area contributed by atoms with E-state index in [0.717, 1.165) is 35.8 Å². The standard InChI is InChI=1S/C21H26N2O2/c1-25-20-12-6-3-9-17(20)13-14-21(24)22-18-10-4-5-11-19(18)23-15-7-2-8-16-23/h3-6,9-12H,2,7-8,13-16H2,1H3,(H,22,24). The summed E-state index contributed by atoms with van der Waals surface area (Å²) >= 11 is 0. The Labute approximate surface area is 149 Å². The number of anilines is 2. The second-order valence-electron chi connectivity index (χ2n) is 6.42. The molecule has 2 aromatic carbocycles. The van der Waals surface area contributed by atoms with Crippen LogP contribution in [0.2, 0.25) is 0 Å². The molecule has 0 unspecified atom stereocenters. The number of rotatable bonds is 6. The fraction of sp³-hybridized carbons (Fsp3) is 0.381. The molecule has 2 aromatic rings. The summed E-state index contributed by atoms with van der Waals surface area (Å²) in [4.78, 5) is 14.8. The molecule has 0 radical (unpaired) electrons. The number of hydrogen-bond donors (Lipinski definition) is 1. The Hall–Kier alpha value is -2.49. The number of ether oxygens (including phenoxy) is 1. The van der Waals surface area contributed by atoms with Crippen LogP contribution in [0.5, 0.6) is 5.75 Å². The number of aryl methyl sites for hydroxylation is 1. The van der Waals surface area contributed by atoms with Gasteiger partial charge in [-0.3, -0.25) is 4.79 Å². The van der Waals surface area contributed by atoms with Crippen molar-refractivity contribution in [2.75, 3.05) is 30.4 Å². The van der Waals surface area contributed by atoms with Gasteiger partial charge in [0.05, 0.1) is 18.5 Å². The number of hydrogen-bond acceptors (Lipinski definition) is 3. The predicted molar refractivity (Wildman–Crippen MR) is 102 cm³/mol. The lowest BCUT2D eigenvalue weighted by molar-refractivity contribution is -0.116. The van der Waals surface area contributed by atoms with Gasteiger partial charge in [-0.05, 0) is 49.4 Å². The zero-order valence-electron chi connectivity index (χ0n) is 14.8. The number of amides is 1. The molecular formula is C21H26N2O2. The Kier molecular flexibility index (Phi) is 5.94. The van der Waals surface area contributed by atoms with E-state index in [0.29, 0.717) is 12.8 Å². The van der Waals surface area contributed by atoms with E-state index in [1.807, 2.05) is 42.5 Å². The highest BCUT2D eigenvalue weighted by atomic mass is 16.5. The van der Waals surface area contributed by atoms with Crippen molar-refractivity contribution < 1.29 is 9.53 Å². The topological polar surface area (TPSA) is 41.6 Å². The van der Waals surface area contributed by atoms with Gasteiger partial charge in [0.1, 0.15) is 5.75 Å². The van der Waals surface area contributed by atoms with Crippen LogP contribution in [-0.4, -0.2) is 26.1 Å². The summed E-state index contributed by atoms with van der Waals surface area (Å²) in [7, 11) is 1.66. The molecular weight excluding hydrogens is 312 g/mol. The summed E-state index contributed by atoms with van der Waals surface area (Å²) in [6.45, 7) is 2.13. The average molecular weight is 338 g/mol. The van der Waals surface area contributed by atoms with Crippen molar-refractivity contribution in [2.24, 2.45) is 0 Å². The number of para-hydroxylation sites is 3. The highest BCUT2D eigenvalue weighted by Gasteiger charge is 2.15. The van der Waals surface area contributed by atoms with Crippen molar-refractivity contribution in [3.05, 3.63) is 54.1 Å². The Bertz CT molecular complexity index is 709. The van der Waals surface area contributed by atoms with E-state index in [4.69, 9.17) is 4.74 Å². The number of nitrogens with one attached hydrogen (secondary N) is 1. The van der Waals surface area contributed by atoms with Crippen molar-refractivity contribution in [1.29, 1.82) is 0 Å². The molecule has 1 aliphatic heterocycles. The highest BCUT2D eigenvalue weighted by Crippen LogP contribution is 2.28. The van der Waals surface area contributed by atoms with Crippen LogP contribution in [0.4, 0.5) is 11.4 Å². The SMILES string of the molecule is COc1ccccc1CCC(=O)Nc1ccccc1N1CCCCC1. The fourth-order valence-electron chi connectivity index (χ4n) is 3.36. The van der Waals surface area contributed by atoms with E-state index in [2.05, 4.69) is 16.3 Å². The maximum absolute atomic E-state index is 12.4. The molecule has 1 saturated heterocycles. The van der Waals surface area contributed by atoms with E-state index in [-0.39, 0.29) is 5.91 Å². The Morgan fingerprint density at radius 2 is 1.76 bits per heavy atom. The molecule has 3 rings (SSSR count). The van der Waals surface area contributed by atoms with E-state index < -0.39 is 0 Å². The molecule has 0 saturated carbocycles. The highest BCUT2D eigenvalue weighted by molar-refractivity contribution is 5.94. The summed E-state index contributed by atoms with van der Waals surface area (Å²) in [6.07, 6.45) is 4.84. The fourth-order valence-corrected chi connectivity index (χ4v) is 3.36. The van der Waals surface area contributed by atoms with Crippen molar-refractivity contribution in [3.8, 4) is 5.75 Å². The first kappa shape index (κ1) is 17.3. The number of carbonyl (C=O) groups excluding carboxylic acids is 1. The summed E-state index contributed by atoms with van der Waals surface area (Å²) in [5, 5.41) is 3.09. The second kappa shape index (κ2) is 8.56. The van der Waals surface area contributed by atoms with Crippen LogP contribution >= 0.6 is 0 Å². The van der Waals surface area contributed by atoms with Gasteiger partial charge in [-0.2, -0.15) is 0 Å². The number of carbonyl (C=O) groups is 1. The molecule has 1 fully saturated rings. The maximum Gasteiger partial charge on any atom is 0.224 e. The smallest absolute Gasteiger partial charge is 0.224 e. The van der Waals surface area contributed by atoms with Gasteiger partial charge in [0.2, 0.25) is 5.91 Å². The molecule has 0 bridgehead atoms. The number of nitrogens with zero attached hydrogens (tertiary/aromatic N) is 1. The number of methoxy groups -OCH3 is 1. The molecule has 1 N–H and O–H groups in total. The Balaban J connectivity index is 1.63.